The van der Waals surface area contributed by atoms with Gasteiger partial charge in [0.1, 0.15) is 5.75 Å². The lowest BCUT2D eigenvalue weighted by atomic mass is 9.99. The molecule has 1 aromatic heterocycles. The van der Waals surface area contributed by atoms with Gasteiger partial charge in [0.15, 0.2) is 0 Å². The molecular weight excluding hydrogens is 344 g/mol. The Morgan fingerprint density at radius 2 is 1.78 bits per heavy atom. The molecule has 0 fully saturated rings. The summed E-state index contributed by atoms with van der Waals surface area (Å²) >= 11 is 0. The van der Waals surface area contributed by atoms with Gasteiger partial charge >= 0.3 is 5.69 Å². The Balaban J connectivity index is 2.29. The number of ether oxygens (including phenoxy) is 1. The smallest absolute Gasteiger partial charge is 0.331 e. The van der Waals surface area contributed by atoms with Crippen molar-refractivity contribution < 1.29 is 9.84 Å². The Bertz CT molecular complexity index is 1080. The number of hydrogen-bond acceptors (Lipinski definition) is 4. The average Bonchev–Trinajstić information content (AvgIpc) is 2.67. The molecule has 1 N–H and O–H groups in total. The van der Waals surface area contributed by atoms with Gasteiger partial charge in [0.05, 0.1) is 18.0 Å². The van der Waals surface area contributed by atoms with Gasteiger partial charge in [-0.1, -0.05) is 29.8 Å². The summed E-state index contributed by atoms with van der Waals surface area (Å²) in [6, 6.07) is 11.7. The first kappa shape index (κ1) is 18.9. The Morgan fingerprint density at radius 3 is 2.41 bits per heavy atom. The summed E-state index contributed by atoms with van der Waals surface area (Å²) in [5.41, 5.74) is 2.83. The molecule has 0 radical (unpaired) electrons. The number of nitrogens with zero attached hydrogens (tertiary/aromatic N) is 2. The van der Waals surface area contributed by atoms with Crippen LogP contribution in [0.4, 0.5) is 0 Å². The normalized spacial score (nSPS) is 11.1. The van der Waals surface area contributed by atoms with Crippen LogP contribution in [0.25, 0.3) is 10.9 Å². The van der Waals surface area contributed by atoms with Crippen molar-refractivity contribution in [3.8, 4) is 5.75 Å². The predicted octanol–water partition coefficient (Wildman–Crippen LogP) is 1.99. The third kappa shape index (κ3) is 3.53. The molecule has 0 aliphatic carbocycles. The minimum Gasteiger partial charge on any atom is -0.496 e. The van der Waals surface area contributed by atoms with E-state index in [0.717, 1.165) is 16.7 Å². The van der Waals surface area contributed by atoms with Crippen LogP contribution < -0.4 is 16.0 Å². The van der Waals surface area contributed by atoms with Crippen molar-refractivity contribution in [1.29, 1.82) is 0 Å². The summed E-state index contributed by atoms with van der Waals surface area (Å²) in [6.45, 7) is 2.12. The molecule has 0 atom stereocenters. The fourth-order valence-electron chi connectivity index (χ4n) is 3.34. The molecule has 0 saturated carbocycles. The second-order valence-electron chi connectivity index (χ2n) is 6.68. The number of benzene rings is 2. The molecule has 27 heavy (non-hydrogen) atoms. The van der Waals surface area contributed by atoms with Gasteiger partial charge in [0.25, 0.3) is 5.56 Å². The standard InChI is InChI=1S/C21H24N2O4/c1-14-5-7-15(8-6-14)13-16-18(27-3)10-9-17-19(16)20(25)23(11-4-12-24)21(26)22(17)2/h5-10,24H,4,11-13H2,1-3H3. The van der Waals surface area contributed by atoms with Crippen molar-refractivity contribution >= 4 is 10.9 Å². The van der Waals surface area contributed by atoms with Gasteiger partial charge in [-0.25, -0.2) is 4.79 Å². The van der Waals surface area contributed by atoms with Gasteiger partial charge in [-0.05, 0) is 31.0 Å². The van der Waals surface area contributed by atoms with Crippen LogP contribution in [0.1, 0.15) is 23.1 Å². The highest BCUT2D eigenvalue weighted by atomic mass is 16.5. The van der Waals surface area contributed by atoms with Crippen LogP contribution in [0.3, 0.4) is 0 Å². The van der Waals surface area contributed by atoms with E-state index >= 15 is 0 Å². The monoisotopic (exact) mass is 368 g/mol. The first-order valence-corrected chi connectivity index (χ1v) is 8.93. The Kier molecular flexibility index (Phi) is 5.46. The summed E-state index contributed by atoms with van der Waals surface area (Å²) in [4.78, 5) is 25.7. The summed E-state index contributed by atoms with van der Waals surface area (Å²) in [7, 11) is 3.23. The summed E-state index contributed by atoms with van der Waals surface area (Å²) in [6.07, 6.45) is 0.867. The number of rotatable bonds is 6. The lowest BCUT2D eigenvalue weighted by Gasteiger charge is -2.16. The van der Waals surface area contributed by atoms with Gasteiger partial charge < -0.3 is 9.84 Å². The maximum absolute atomic E-state index is 13.2. The van der Waals surface area contributed by atoms with Gasteiger partial charge in [0, 0.05) is 32.2 Å². The molecule has 1 heterocycles. The van der Waals surface area contributed by atoms with Crippen molar-refractivity contribution in [2.75, 3.05) is 13.7 Å². The molecule has 3 rings (SSSR count). The lowest BCUT2D eigenvalue weighted by molar-refractivity contribution is 0.277. The van der Waals surface area contributed by atoms with E-state index in [0.29, 0.717) is 29.5 Å². The second kappa shape index (κ2) is 7.80. The number of hydrogen-bond donors (Lipinski definition) is 1. The van der Waals surface area contributed by atoms with Gasteiger partial charge in [-0.2, -0.15) is 0 Å². The molecule has 3 aromatic rings. The highest BCUT2D eigenvalue weighted by molar-refractivity contribution is 5.84. The maximum atomic E-state index is 13.2. The van der Waals surface area contributed by atoms with Crippen LogP contribution in [-0.4, -0.2) is 28.0 Å². The van der Waals surface area contributed by atoms with Gasteiger partial charge in [-0.3, -0.25) is 13.9 Å². The topological polar surface area (TPSA) is 73.5 Å². The molecule has 0 saturated heterocycles. The van der Waals surface area contributed by atoms with Gasteiger partial charge in [0.2, 0.25) is 0 Å². The van der Waals surface area contributed by atoms with E-state index in [1.165, 1.54) is 9.13 Å². The van der Waals surface area contributed by atoms with E-state index < -0.39 is 0 Å². The minimum atomic E-state index is -0.382. The fraction of sp³-hybridized carbons (Fsp3) is 0.333. The summed E-state index contributed by atoms with van der Waals surface area (Å²) < 4.78 is 8.19. The zero-order chi connectivity index (χ0) is 19.6. The van der Waals surface area contributed by atoms with Crippen LogP contribution in [-0.2, 0) is 20.0 Å². The summed E-state index contributed by atoms with van der Waals surface area (Å²) in [5, 5.41) is 9.58. The van der Waals surface area contributed by atoms with Crippen LogP contribution in [0.5, 0.6) is 5.75 Å². The van der Waals surface area contributed by atoms with Crippen LogP contribution in [0.15, 0.2) is 46.0 Å². The number of fused-ring (bicyclic) bond motifs is 1. The van der Waals surface area contributed by atoms with Crippen molar-refractivity contribution in [3.63, 3.8) is 0 Å². The fourth-order valence-corrected chi connectivity index (χ4v) is 3.34. The van der Waals surface area contributed by atoms with Crippen molar-refractivity contribution in [1.82, 2.24) is 9.13 Å². The quantitative estimate of drug-likeness (QED) is 0.722. The average molecular weight is 368 g/mol. The van der Waals surface area contributed by atoms with Crippen LogP contribution in [0, 0.1) is 6.92 Å². The number of aliphatic hydroxyl groups is 1. The van der Waals surface area contributed by atoms with Gasteiger partial charge in [-0.15, -0.1) is 0 Å². The third-order valence-electron chi connectivity index (χ3n) is 4.85. The highest BCUT2D eigenvalue weighted by Crippen LogP contribution is 2.27. The molecule has 2 aromatic carbocycles. The van der Waals surface area contributed by atoms with E-state index in [-0.39, 0.29) is 24.4 Å². The molecule has 0 bridgehead atoms. The Morgan fingerprint density at radius 1 is 1.07 bits per heavy atom. The van der Waals surface area contributed by atoms with Crippen molar-refractivity contribution in [2.45, 2.75) is 26.3 Å². The molecule has 6 nitrogen and oxygen atoms in total. The predicted molar refractivity (Wildman–Crippen MR) is 106 cm³/mol. The van der Waals surface area contributed by atoms with E-state index in [9.17, 15) is 9.59 Å². The van der Waals surface area contributed by atoms with E-state index in [1.54, 1.807) is 26.3 Å². The number of aliphatic hydroxyl groups excluding tert-OH is 1. The number of aromatic nitrogens is 2. The van der Waals surface area contributed by atoms with E-state index in [4.69, 9.17) is 9.84 Å². The third-order valence-corrected chi connectivity index (χ3v) is 4.85. The van der Waals surface area contributed by atoms with Crippen LogP contribution >= 0.6 is 0 Å². The molecule has 0 amide bonds. The molecule has 142 valence electrons. The summed E-state index contributed by atoms with van der Waals surface area (Å²) in [5.74, 6) is 0.618. The zero-order valence-electron chi connectivity index (χ0n) is 15.9. The molecule has 0 unspecified atom stereocenters. The Hall–Kier alpha value is -2.86. The first-order valence-electron chi connectivity index (χ1n) is 8.93. The molecule has 6 heteroatoms. The van der Waals surface area contributed by atoms with E-state index in [2.05, 4.69) is 0 Å². The maximum Gasteiger partial charge on any atom is 0.331 e. The van der Waals surface area contributed by atoms with Crippen LogP contribution in [0.2, 0.25) is 0 Å². The molecular formula is C21H24N2O4. The molecule has 0 aliphatic rings. The van der Waals surface area contributed by atoms with E-state index in [1.807, 2.05) is 31.2 Å². The largest absolute Gasteiger partial charge is 0.496 e. The highest BCUT2D eigenvalue weighted by Gasteiger charge is 2.18. The van der Waals surface area contributed by atoms with Crippen molar-refractivity contribution in [3.05, 3.63) is 73.9 Å². The Labute approximate surface area is 157 Å². The first-order chi connectivity index (χ1) is 13.0. The zero-order valence-corrected chi connectivity index (χ0v) is 15.9. The number of methoxy groups -OCH3 is 1. The van der Waals surface area contributed by atoms with Crippen molar-refractivity contribution in [2.24, 2.45) is 7.05 Å². The molecule has 0 spiro atoms. The second-order valence-corrected chi connectivity index (χ2v) is 6.68. The molecule has 0 aliphatic heterocycles. The minimum absolute atomic E-state index is 0.0814. The lowest BCUT2D eigenvalue weighted by Crippen LogP contribution is -2.39. The number of aryl methyl sites for hydroxylation is 2. The SMILES string of the molecule is COc1ccc2c(c1Cc1ccc(C)cc1)c(=O)n(CCCO)c(=O)n2C.